The molecule has 10 N–H and O–H groups in total. The van der Waals surface area contributed by atoms with Crippen LogP contribution in [0, 0.1) is 0 Å². The van der Waals surface area contributed by atoms with Gasteiger partial charge in [0.1, 0.15) is 18.1 Å². The number of carboxylic acids is 2. The predicted octanol–water partition coefficient (Wildman–Crippen LogP) is -3.42. The molecule has 4 unspecified atom stereocenters. The highest BCUT2D eigenvalue weighted by Gasteiger charge is 2.30. The molecule has 0 saturated carbocycles. The molecule has 1 rings (SSSR count). The molecule has 0 aromatic carbocycles. The van der Waals surface area contributed by atoms with Gasteiger partial charge in [-0.05, 0) is 13.3 Å². The highest BCUT2D eigenvalue weighted by atomic mass is 16.4. The monoisotopic (exact) mass is 469 g/mol. The Bertz CT molecular complexity index is 873. The predicted molar refractivity (Wildman–Crippen MR) is 110 cm³/mol. The van der Waals surface area contributed by atoms with E-state index in [0.717, 1.165) is 0 Å². The van der Waals surface area contributed by atoms with Gasteiger partial charge in [0, 0.05) is 24.7 Å². The number of nitrogens with two attached hydrogens (primary N) is 2. The number of nitrogens with one attached hydrogen (secondary N) is 4. The molecule has 33 heavy (non-hydrogen) atoms. The maximum absolute atomic E-state index is 12.6. The largest absolute Gasteiger partial charge is 0.481 e. The molecule has 0 fully saturated rings. The second kappa shape index (κ2) is 12.7. The Kier molecular flexibility index (Phi) is 10.4. The van der Waals surface area contributed by atoms with Crippen molar-refractivity contribution in [3.05, 3.63) is 18.2 Å². The van der Waals surface area contributed by atoms with Crippen LogP contribution < -0.4 is 27.4 Å². The molecule has 0 radical (unpaired) electrons. The average molecular weight is 469 g/mol. The zero-order valence-electron chi connectivity index (χ0n) is 17.7. The molecule has 0 saturated heterocycles. The Morgan fingerprint density at radius 3 is 2.18 bits per heavy atom. The third-order valence-corrected chi connectivity index (χ3v) is 4.40. The van der Waals surface area contributed by atoms with Crippen LogP contribution in [0.2, 0.25) is 0 Å². The number of primary amides is 1. The number of rotatable bonds is 14. The van der Waals surface area contributed by atoms with Gasteiger partial charge >= 0.3 is 11.9 Å². The zero-order chi connectivity index (χ0) is 25.1. The van der Waals surface area contributed by atoms with E-state index in [1.165, 1.54) is 19.4 Å². The normalized spacial score (nSPS) is 14.2. The molecular formula is C18H27N7O8. The Labute approximate surface area is 187 Å². The van der Waals surface area contributed by atoms with Gasteiger partial charge < -0.3 is 42.6 Å². The van der Waals surface area contributed by atoms with E-state index < -0.39 is 66.2 Å². The van der Waals surface area contributed by atoms with E-state index >= 15 is 0 Å². The van der Waals surface area contributed by atoms with Crippen molar-refractivity contribution in [3.63, 3.8) is 0 Å². The first kappa shape index (κ1) is 27.0. The van der Waals surface area contributed by atoms with Crippen molar-refractivity contribution in [2.75, 3.05) is 0 Å². The molecule has 182 valence electrons. The molecule has 1 aromatic rings. The molecule has 0 aliphatic carbocycles. The number of hydrogen-bond donors (Lipinski definition) is 8. The minimum absolute atomic E-state index is 0.0273. The van der Waals surface area contributed by atoms with Gasteiger partial charge in [0.25, 0.3) is 0 Å². The maximum atomic E-state index is 12.6. The van der Waals surface area contributed by atoms with E-state index in [2.05, 4.69) is 25.9 Å². The zero-order valence-corrected chi connectivity index (χ0v) is 17.7. The SMILES string of the molecule is CC(NC(=O)C(N)CCC(N)=O)C(=O)NC(Cc1cnc[nH]1)C(=O)NC(CC(=O)O)C(=O)O. The van der Waals surface area contributed by atoms with Gasteiger partial charge in [0.2, 0.25) is 23.6 Å². The number of nitrogens with zero attached hydrogens (tertiary/aromatic N) is 1. The summed E-state index contributed by atoms with van der Waals surface area (Å²) in [6.07, 6.45) is 1.55. The van der Waals surface area contributed by atoms with Crippen LogP contribution in [0.15, 0.2) is 12.5 Å². The van der Waals surface area contributed by atoms with Crippen molar-refractivity contribution in [1.82, 2.24) is 25.9 Å². The van der Waals surface area contributed by atoms with Crippen LogP contribution in [0.5, 0.6) is 0 Å². The number of hydrogen-bond acceptors (Lipinski definition) is 8. The molecule has 15 heteroatoms. The lowest BCUT2D eigenvalue weighted by Crippen LogP contribution is -2.57. The molecule has 1 aromatic heterocycles. The summed E-state index contributed by atoms with van der Waals surface area (Å²) in [7, 11) is 0. The quantitative estimate of drug-likeness (QED) is 0.134. The van der Waals surface area contributed by atoms with Crippen molar-refractivity contribution in [3.8, 4) is 0 Å². The van der Waals surface area contributed by atoms with E-state index in [-0.39, 0.29) is 19.3 Å². The van der Waals surface area contributed by atoms with Crippen molar-refractivity contribution < 1.29 is 39.0 Å². The molecule has 0 aliphatic rings. The van der Waals surface area contributed by atoms with Gasteiger partial charge in [-0.1, -0.05) is 0 Å². The van der Waals surface area contributed by atoms with E-state index in [1.807, 2.05) is 0 Å². The van der Waals surface area contributed by atoms with E-state index in [0.29, 0.717) is 5.69 Å². The van der Waals surface area contributed by atoms with E-state index in [9.17, 15) is 28.8 Å². The lowest BCUT2D eigenvalue weighted by Gasteiger charge is -2.23. The topological polar surface area (TPSA) is 260 Å². The maximum Gasteiger partial charge on any atom is 0.326 e. The fraction of sp³-hybridized carbons (Fsp3) is 0.500. The highest BCUT2D eigenvalue weighted by molar-refractivity contribution is 5.94. The molecule has 4 amide bonds. The first-order valence-corrected chi connectivity index (χ1v) is 9.77. The molecular weight excluding hydrogens is 442 g/mol. The van der Waals surface area contributed by atoms with Gasteiger partial charge in [-0.25, -0.2) is 9.78 Å². The Hall–Kier alpha value is -4.01. The van der Waals surface area contributed by atoms with Gasteiger partial charge in [-0.2, -0.15) is 0 Å². The van der Waals surface area contributed by atoms with Crippen LogP contribution in [0.25, 0.3) is 0 Å². The van der Waals surface area contributed by atoms with E-state index in [1.54, 1.807) is 0 Å². The van der Waals surface area contributed by atoms with Gasteiger partial charge in [0.15, 0.2) is 0 Å². The number of aromatic nitrogens is 2. The van der Waals surface area contributed by atoms with Crippen molar-refractivity contribution >= 4 is 35.6 Å². The number of aromatic amines is 1. The fourth-order valence-electron chi connectivity index (χ4n) is 2.58. The first-order chi connectivity index (χ1) is 15.4. The lowest BCUT2D eigenvalue weighted by atomic mass is 10.1. The van der Waals surface area contributed by atoms with Gasteiger partial charge in [-0.15, -0.1) is 0 Å². The minimum Gasteiger partial charge on any atom is -0.481 e. The van der Waals surface area contributed by atoms with Crippen LogP contribution >= 0.6 is 0 Å². The van der Waals surface area contributed by atoms with Crippen molar-refractivity contribution in [2.45, 2.75) is 56.8 Å². The third-order valence-electron chi connectivity index (χ3n) is 4.40. The van der Waals surface area contributed by atoms with Gasteiger partial charge in [-0.3, -0.25) is 24.0 Å². The van der Waals surface area contributed by atoms with Crippen molar-refractivity contribution in [1.29, 1.82) is 0 Å². The summed E-state index contributed by atoms with van der Waals surface area (Å²) >= 11 is 0. The number of carbonyl (C=O) groups excluding carboxylic acids is 4. The fourth-order valence-corrected chi connectivity index (χ4v) is 2.58. The number of imidazole rings is 1. The second-order valence-corrected chi connectivity index (χ2v) is 7.18. The number of carboxylic acid groups (broad SMARTS) is 2. The summed E-state index contributed by atoms with van der Waals surface area (Å²) in [5.41, 5.74) is 11.1. The molecule has 4 atom stereocenters. The van der Waals surface area contributed by atoms with Crippen LogP contribution in [0.4, 0.5) is 0 Å². The highest BCUT2D eigenvalue weighted by Crippen LogP contribution is 2.03. The van der Waals surface area contributed by atoms with Gasteiger partial charge in [0.05, 0.1) is 18.8 Å². The summed E-state index contributed by atoms with van der Waals surface area (Å²) < 4.78 is 0. The smallest absolute Gasteiger partial charge is 0.326 e. The van der Waals surface area contributed by atoms with Crippen LogP contribution in [0.3, 0.4) is 0 Å². The lowest BCUT2D eigenvalue weighted by molar-refractivity contribution is -0.147. The van der Waals surface area contributed by atoms with Crippen molar-refractivity contribution in [2.24, 2.45) is 11.5 Å². The van der Waals surface area contributed by atoms with Crippen LogP contribution in [-0.2, 0) is 35.2 Å². The molecule has 15 nitrogen and oxygen atoms in total. The minimum atomic E-state index is -1.73. The molecule has 0 aliphatic heterocycles. The Balaban J connectivity index is 2.85. The second-order valence-electron chi connectivity index (χ2n) is 7.18. The van der Waals surface area contributed by atoms with E-state index in [4.69, 9.17) is 21.7 Å². The first-order valence-electron chi connectivity index (χ1n) is 9.77. The average Bonchev–Trinajstić information content (AvgIpc) is 3.23. The Morgan fingerprint density at radius 2 is 1.67 bits per heavy atom. The van der Waals surface area contributed by atoms with Crippen LogP contribution in [-0.4, -0.2) is 79.9 Å². The molecule has 1 heterocycles. The molecule has 0 bridgehead atoms. The molecule has 0 spiro atoms. The van der Waals surface area contributed by atoms with Crippen LogP contribution in [0.1, 0.15) is 31.9 Å². The number of aliphatic carboxylic acids is 2. The number of carbonyl (C=O) groups is 6. The third kappa shape index (κ3) is 9.77. The number of amides is 4. The summed E-state index contributed by atoms with van der Waals surface area (Å²) in [5.74, 6) is -6.12. The Morgan fingerprint density at radius 1 is 1.03 bits per heavy atom. The summed E-state index contributed by atoms with van der Waals surface area (Å²) in [5, 5.41) is 24.8. The number of H-pyrrole nitrogens is 1. The summed E-state index contributed by atoms with van der Waals surface area (Å²) in [4.78, 5) is 76.7. The summed E-state index contributed by atoms with van der Waals surface area (Å²) in [6, 6.07) is -5.29. The summed E-state index contributed by atoms with van der Waals surface area (Å²) in [6.45, 7) is 1.32. The standard InChI is InChI=1S/C18H27N7O8/c1-8(23-16(30)10(19)2-3-13(20)26)15(29)24-11(4-9-6-21-7-22-9)17(31)25-12(18(32)33)5-14(27)28/h6-8,10-12H,2-5,19H2,1H3,(H2,20,26)(H,21,22)(H,23,30)(H,24,29)(H,25,31)(H,27,28)(H,32,33).